The molecule has 0 saturated carbocycles. The van der Waals surface area contributed by atoms with Gasteiger partial charge in [0.1, 0.15) is 0 Å². The predicted octanol–water partition coefficient (Wildman–Crippen LogP) is 2.64. The van der Waals surface area contributed by atoms with Gasteiger partial charge in [-0.1, -0.05) is 18.8 Å². The van der Waals surface area contributed by atoms with E-state index in [2.05, 4.69) is 18.8 Å². The maximum absolute atomic E-state index is 11.7. The lowest BCUT2D eigenvalue weighted by Crippen LogP contribution is -2.20. The Morgan fingerprint density at radius 1 is 1.44 bits per heavy atom. The Labute approximate surface area is 101 Å². The molecular weight excluding hydrogens is 218 g/mol. The standard InChI is InChI=1S/C13H17NOS/c1-4-5-6-7-11-8-9-13(16-11)12(15)10-14(2)3/h8-9H,4-5,10H2,1-3H3. The molecule has 0 N–H and O–H groups in total. The highest BCUT2D eigenvalue weighted by atomic mass is 32.1. The lowest BCUT2D eigenvalue weighted by atomic mass is 10.3. The summed E-state index contributed by atoms with van der Waals surface area (Å²) < 4.78 is 0. The summed E-state index contributed by atoms with van der Waals surface area (Å²) >= 11 is 1.48. The van der Waals surface area contributed by atoms with Gasteiger partial charge in [0.05, 0.1) is 16.3 Å². The zero-order valence-electron chi connectivity index (χ0n) is 10.0. The van der Waals surface area contributed by atoms with Crippen molar-refractivity contribution in [3.8, 4) is 11.8 Å². The van der Waals surface area contributed by atoms with E-state index in [0.29, 0.717) is 6.54 Å². The summed E-state index contributed by atoms with van der Waals surface area (Å²) in [5.74, 6) is 6.33. The molecule has 2 nitrogen and oxygen atoms in total. The first-order chi connectivity index (χ1) is 7.63. The Morgan fingerprint density at radius 3 is 2.81 bits per heavy atom. The van der Waals surface area contributed by atoms with Crippen molar-refractivity contribution in [2.75, 3.05) is 20.6 Å². The lowest BCUT2D eigenvalue weighted by Gasteiger charge is -2.05. The summed E-state index contributed by atoms with van der Waals surface area (Å²) in [6, 6.07) is 3.79. The first-order valence-electron chi connectivity index (χ1n) is 5.40. The van der Waals surface area contributed by atoms with Gasteiger partial charge in [0.2, 0.25) is 0 Å². The second kappa shape index (κ2) is 6.47. The number of Topliss-reactive ketones (excluding diaryl/α,β-unsaturated/α-hetero) is 1. The fourth-order valence-electron chi connectivity index (χ4n) is 1.19. The second-order valence-corrected chi connectivity index (χ2v) is 4.96. The number of hydrogen-bond donors (Lipinski definition) is 0. The minimum atomic E-state index is 0.165. The average Bonchev–Trinajstić information content (AvgIpc) is 2.66. The van der Waals surface area contributed by atoms with Crippen LogP contribution in [0.4, 0.5) is 0 Å². The Morgan fingerprint density at radius 2 is 2.19 bits per heavy atom. The number of unbranched alkanes of at least 4 members (excludes halogenated alkanes) is 1. The van der Waals surface area contributed by atoms with Gasteiger partial charge in [-0.15, -0.1) is 11.3 Å². The van der Waals surface area contributed by atoms with Crippen LogP contribution >= 0.6 is 11.3 Å². The topological polar surface area (TPSA) is 20.3 Å². The van der Waals surface area contributed by atoms with E-state index in [9.17, 15) is 4.79 Å². The summed E-state index contributed by atoms with van der Waals surface area (Å²) in [5, 5.41) is 0. The first kappa shape index (κ1) is 13.0. The molecule has 0 atom stereocenters. The molecule has 0 unspecified atom stereocenters. The molecule has 0 aliphatic heterocycles. The molecule has 0 aromatic carbocycles. The average molecular weight is 235 g/mol. The van der Waals surface area contributed by atoms with Gasteiger partial charge in [0.15, 0.2) is 5.78 Å². The monoisotopic (exact) mass is 235 g/mol. The van der Waals surface area contributed by atoms with Crippen LogP contribution in [0, 0.1) is 11.8 Å². The third-order valence-electron chi connectivity index (χ3n) is 1.93. The van der Waals surface area contributed by atoms with Gasteiger partial charge < -0.3 is 4.90 Å². The largest absolute Gasteiger partial charge is 0.302 e. The summed E-state index contributed by atoms with van der Waals surface area (Å²) in [6.45, 7) is 2.57. The van der Waals surface area contributed by atoms with Gasteiger partial charge in [-0.05, 0) is 32.6 Å². The van der Waals surface area contributed by atoms with E-state index in [1.807, 2.05) is 31.1 Å². The number of carbonyl (C=O) groups excluding carboxylic acids is 1. The quantitative estimate of drug-likeness (QED) is 0.590. The van der Waals surface area contributed by atoms with Crippen LogP contribution in [0.2, 0.25) is 0 Å². The molecule has 0 bridgehead atoms. The van der Waals surface area contributed by atoms with E-state index in [4.69, 9.17) is 0 Å². The van der Waals surface area contributed by atoms with Crippen molar-refractivity contribution in [2.24, 2.45) is 0 Å². The van der Waals surface area contributed by atoms with Gasteiger partial charge in [0.25, 0.3) is 0 Å². The van der Waals surface area contributed by atoms with Crippen LogP contribution in [0.15, 0.2) is 12.1 Å². The van der Waals surface area contributed by atoms with Crippen molar-refractivity contribution < 1.29 is 4.79 Å². The van der Waals surface area contributed by atoms with Crippen molar-refractivity contribution in [3.05, 3.63) is 21.9 Å². The highest BCUT2D eigenvalue weighted by molar-refractivity contribution is 7.14. The number of rotatable bonds is 4. The molecule has 0 aliphatic carbocycles. The molecule has 0 saturated heterocycles. The summed E-state index contributed by atoms with van der Waals surface area (Å²) in [7, 11) is 3.79. The summed E-state index contributed by atoms with van der Waals surface area (Å²) in [6.07, 6.45) is 1.99. The molecular formula is C13H17NOS. The van der Waals surface area contributed by atoms with Gasteiger partial charge in [-0.2, -0.15) is 0 Å². The zero-order valence-corrected chi connectivity index (χ0v) is 10.9. The molecule has 0 aliphatic rings. The Hall–Kier alpha value is -1.11. The van der Waals surface area contributed by atoms with Gasteiger partial charge in [-0.3, -0.25) is 4.79 Å². The van der Waals surface area contributed by atoms with Crippen LogP contribution in [0.5, 0.6) is 0 Å². The van der Waals surface area contributed by atoms with Gasteiger partial charge >= 0.3 is 0 Å². The molecule has 0 fully saturated rings. The third kappa shape index (κ3) is 4.18. The third-order valence-corrected chi connectivity index (χ3v) is 2.97. The van der Waals surface area contributed by atoms with Crippen LogP contribution in [-0.2, 0) is 0 Å². The van der Waals surface area contributed by atoms with E-state index in [1.165, 1.54) is 11.3 Å². The molecule has 1 aromatic heterocycles. The molecule has 1 heterocycles. The number of ketones is 1. The van der Waals surface area contributed by atoms with Crippen molar-refractivity contribution >= 4 is 17.1 Å². The molecule has 0 amide bonds. The summed E-state index contributed by atoms with van der Waals surface area (Å²) in [5.41, 5.74) is 0. The number of likely N-dealkylation sites (N-methyl/N-ethyl adjacent to an activating group) is 1. The van der Waals surface area contributed by atoms with Crippen LogP contribution in [0.1, 0.15) is 34.3 Å². The fourth-order valence-corrected chi connectivity index (χ4v) is 2.01. The van der Waals surface area contributed by atoms with Crippen molar-refractivity contribution in [1.82, 2.24) is 4.90 Å². The van der Waals surface area contributed by atoms with E-state index < -0.39 is 0 Å². The van der Waals surface area contributed by atoms with Gasteiger partial charge in [-0.25, -0.2) is 0 Å². The highest BCUT2D eigenvalue weighted by Gasteiger charge is 2.09. The zero-order chi connectivity index (χ0) is 12.0. The molecule has 1 aromatic rings. The maximum Gasteiger partial charge on any atom is 0.186 e. The smallest absolute Gasteiger partial charge is 0.186 e. The predicted molar refractivity (Wildman–Crippen MR) is 69.0 cm³/mol. The normalized spacial score (nSPS) is 10.0. The van der Waals surface area contributed by atoms with E-state index in [1.54, 1.807) is 0 Å². The Balaban J connectivity index is 2.65. The minimum Gasteiger partial charge on any atom is -0.302 e. The maximum atomic E-state index is 11.7. The minimum absolute atomic E-state index is 0.165. The lowest BCUT2D eigenvalue weighted by molar-refractivity contribution is 0.0962. The van der Waals surface area contributed by atoms with Crippen LogP contribution in [-0.4, -0.2) is 31.3 Å². The number of thiophene rings is 1. The Kier molecular flexibility index (Phi) is 5.24. The van der Waals surface area contributed by atoms with Crippen LogP contribution in [0.25, 0.3) is 0 Å². The molecule has 0 radical (unpaired) electrons. The summed E-state index contributed by atoms with van der Waals surface area (Å²) in [4.78, 5) is 15.4. The molecule has 1 rings (SSSR count). The second-order valence-electron chi connectivity index (χ2n) is 3.88. The van der Waals surface area contributed by atoms with Crippen molar-refractivity contribution in [2.45, 2.75) is 19.8 Å². The molecule has 0 spiro atoms. The first-order valence-corrected chi connectivity index (χ1v) is 6.21. The number of carbonyl (C=O) groups is 1. The molecule has 16 heavy (non-hydrogen) atoms. The Bertz CT molecular complexity index is 409. The van der Waals surface area contributed by atoms with Gasteiger partial charge in [0, 0.05) is 6.42 Å². The van der Waals surface area contributed by atoms with Crippen molar-refractivity contribution in [1.29, 1.82) is 0 Å². The SMILES string of the molecule is CCCC#Cc1ccc(C(=O)CN(C)C)s1. The van der Waals surface area contributed by atoms with E-state index in [-0.39, 0.29) is 5.78 Å². The van der Waals surface area contributed by atoms with Crippen LogP contribution in [0.3, 0.4) is 0 Å². The van der Waals surface area contributed by atoms with Crippen molar-refractivity contribution in [3.63, 3.8) is 0 Å². The van der Waals surface area contributed by atoms with E-state index in [0.717, 1.165) is 22.6 Å². The van der Waals surface area contributed by atoms with Crippen LogP contribution < -0.4 is 0 Å². The fraction of sp³-hybridized carbons (Fsp3) is 0.462. The molecule has 3 heteroatoms. The number of hydrogen-bond acceptors (Lipinski definition) is 3. The molecule has 86 valence electrons. The number of nitrogens with zero attached hydrogens (tertiary/aromatic N) is 1. The highest BCUT2D eigenvalue weighted by Crippen LogP contribution is 2.16. The van der Waals surface area contributed by atoms with E-state index >= 15 is 0 Å².